The first-order valence-corrected chi connectivity index (χ1v) is 8.94. The van der Waals surface area contributed by atoms with Crippen molar-refractivity contribution >= 4 is 51.5 Å². The van der Waals surface area contributed by atoms with Crippen LogP contribution < -0.4 is 16.2 Å². The van der Waals surface area contributed by atoms with Gasteiger partial charge < -0.3 is 0 Å². The third-order valence-electron chi connectivity index (χ3n) is 3.88. The molecule has 0 radical (unpaired) electrons. The van der Waals surface area contributed by atoms with Crippen molar-refractivity contribution in [3.05, 3.63) is 82.9 Å². The molecule has 0 bridgehead atoms. The first kappa shape index (κ1) is 18.8. The number of hydrogen-bond donors (Lipinski definition) is 3. The molecular weight excluding hydrogens is 382 g/mol. The summed E-state index contributed by atoms with van der Waals surface area (Å²) in [6, 6.07) is 20.1. The number of fused-ring (bicyclic) bond motifs is 1. The molecule has 0 atom stereocenters. The zero-order valence-electron chi connectivity index (χ0n) is 14.2. The van der Waals surface area contributed by atoms with Crippen LogP contribution in [0, 0.1) is 0 Å². The van der Waals surface area contributed by atoms with Crippen molar-refractivity contribution in [2.24, 2.45) is 0 Å². The fourth-order valence-corrected chi connectivity index (χ4v) is 2.87. The summed E-state index contributed by atoms with van der Waals surface area (Å²) < 4.78 is 0. The van der Waals surface area contributed by atoms with Gasteiger partial charge in [0, 0.05) is 10.6 Å². The van der Waals surface area contributed by atoms with Gasteiger partial charge in [-0.2, -0.15) is 0 Å². The predicted octanol–water partition coefficient (Wildman–Crippen LogP) is 3.37. The number of hydrogen-bond acceptors (Lipinski definition) is 3. The first-order valence-electron chi connectivity index (χ1n) is 8.15. The molecule has 0 unspecified atom stereocenters. The lowest BCUT2D eigenvalue weighted by molar-refractivity contribution is -0.121. The average Bonchev–Trinajstić information content (AvgIpc) is 2.67. The van der Waals surface area contributed by atoms with Crippen LogP contribution in [0.25, 0.3) is 10.8 Å². The Morgan fingerprint density at radius 1 is 0.889 bits per heavy atom. The zero-order valence-corrected chi connectivity index (χ0v) is 15.7. The van der Waals surface area contributed by atoms with Crippen LogP contribution >= 0.6 is 23.8 Å². The minimum atomic E-state index is -0.396. The second kappa shape index (κ2) is 8.62. The quantitative estimate of drug-likeness (QED) is 0.468. The highest BCUT2D eigenvalue weighted by molar-refractivity contribution is 7.80. The van der Waals surface area contributed by atoms with E-state index >= 15 is 0 Å². The number of rotatable bonds is 3. The van der Waals surface area contributed by atoms with Gasteiger partial charge in [0.1, 0.15) is 0 Å². The fraction of sp³-hybridized carbons (Fsp3) is 0.0500. The number of hydrazine groups is 1. The van der Waals surface area contributed by atoms with Gasteiger partial charge >= 0.3 is 0 Å². The van der Waals surface area contributed by atoms with E-state index in [9.17, 15) is 9.59 Å². The third-order valence-corrected chi connectivity index (χ3v) is 4.34. The normalized spacial score (nSPS) is 10.3. The van der Waals surface area contributed by atoms with E-state index < -0.39 is 5.91 Å². The Morgan fingerprint density at radius 2 is 1.59 bits per heavy atom. The lowest BCUT2D eigenvalue weighted by Gasteiger charge is -2.11. The van der Waals surface area contributed by atoms with Crippen molar-refractivity contribution in [1.29, 1.82) is 0 Å². The number of carbonyl (C=O) groups excluding carboxylic acids is 2. The molecule has 2 amide bonds. The topological polar surface area (TPSA) is 70.2 Å². The lowest BCUT2D eigenvalue weighted by Crippen LogP contribution is -2.48. The van der Waals surface area contributed by atoms with Gasteiger partial charge in [-0.3, -0.25) is 25.8 Å². The molecule has 0 saturated carbocycles. The summed E-state index contributed by atoms with van der Waals surface area (Å²) in [5.74, 6) is -0.665. The summed E-state index contributed by atoms with van der Waals surface area (Å²) >= 11 is 10.8. The molecule has 0 saturated heterocycles. The molecule has 5 nitrogen and oxygen atoms in total. The van der Waals surface area contributed by atoms with Crippen LogP contribution in [0.3, 0.4) is 0 Å². The summed E-state index contributed by atoms with van der Waals surface area (Å²) in [6.45, 7) is 0. The molecule has 0 aliphatic carbocycles. The zero-order chi connectivity index (χ0) is 19.2. The largest absolute Gasteiger partial charge is 0.298 e. The molecular formula is C20H16ClN3O2S. The van der Waals surface area contributed by atoms with Crippen LogP contribution in [-0.2, 0) is 11.2 Å². The molecule has 0 heterocycles. The van der Waals surface area contributed by atoms with Gasteiger partial charge in [0.25, 0.3) is 5.91 Å². The summed E-state index contributed by atoms with van der Waals surface area (Å²) in [5, 5.41) is 5.12. The summed E-state index contributed by atoms with van der Waals surface area (Å²) in [7, 11) is 0. The molecule has 3 rings (SSSR count). The Bertz CT molecular complexity index is 1000. The van der Waals surface area contributed by atoms with E-state index in [0.29, 0.717) is 10.6 Å². The molecule has 27 heavy (non-hydrogen) atoms. The van der Waals surface area contributed by atoms with Crippen molar-refractivity contribution in [1.82, 2.24) is 16.2 Å². The van der Waals surface area contributed by atoms with Gasteiger partial charge in [0.15, 0.2) is 5.11 Å². The van der Waals surface area contributed by atoms with Crippen molar-refractivity contribution in [3.63, 3.8) is 0 Å². The van der Waals surface area contributed by atoms with Crippen LogP contribution in [-0.4, -0.2) is 16.9 Å². The molecule has 7 heteroatoms. The number of thiocarbonyl (C=S) groups is 1. The van der Waals surface area contributed by atoms with Crippen molar-refractivity contribution in [2.75, 3.05) is 0 Å². The summed E-state index contributed by atoms with van der Waals surface area (Å²) in [6.07, 6.45) is 0.183. The van der Waals surface area contributed by atoms with E-state index in [1.54, 1.807) is 24.3 Å². The SMILES string of the molecule is O=C(Cc1cccc2ccccc12)NNC(=S)NC(=O)c1ccc(Cl)cc1. The van der Waals surface area contributed by atoms with Crippen LogP contribution in [0.2, 0.25) is 5.02 Å². The molecule has 0 aromatic heterocycles. The van der Waals surface area contributed by atoms with Gasteiger partial charge in [0.05, 0.1) is 6.42 Å². The van der Waals surface area contributed by atoms with Crippen LogP contribution in [0.1, 0.15) is 15.9 Å². The molecule has 136 valence electrons. The van der Waals surface area contributed by atoms with E-state index in [4.69, 9.17) is 23.8 Å². The van der Waals surface area contributed by atoms with Crippen LogP contribution in [0.15, 0.2) is 66.7 Å². The van der Waals surface area contributed by atoms with E-state index in [1.807, 2.05) is 42.5 Å². The maximum absolute atomic E-state index is 12.2. The minimum Gasteiger partial charge on any atom is -0.298 e. The first-order chi connectivity index (χ1) is 13.0. The van der Waals surface area contributed by atoms with Crippen LogP contribution in [0.5, 0.6) is 0 Å². The summed E-state index contributed by atoms with van der Waals surface area (Å²) in [5.41, 5.74) is 6.35. The highest BCUT2D eigenvalue weighted by atomic mass is 35.5. The van der Waals surface area contributed by atoms with Gasteiger partial charge in [-0.25, -0.2) is 0 Å². The molecule has 0 fully saturated rings. The number of halogens is 1. The van der Waals surface area contributed by atoms with E-state index in [-0.39, 0.29) is 17.4 Å². The van der Waals surface area contributed by atoms with Crippen molar-refractivity contribution in [3.8, 4) is 0 Å². The molecule has 0 spiro atoms. The van der Waals surface area contributed by atoms with Crippen molar-refractivity contribution < 1.29 is 9.59 Å². The summed E-state index contributed by atoms with van der Waals surface area (Å²) in [4.78, 5) is 24.2. The lowest BCUT2D eigenvalue weighted by atomic mass is 10.0. The molecule has 0 aliphatic heterocycles. The highest BCUT2D eigenvalue weighted by Gasteiger charge is 2.10. The van der Waals surface area contributed by atoms with Gasteiger partial charge in [0.2, 0.25) is 5.91 Å². The second-order valence-electron chi connectivity index (χ2n) is 5.78. The maximum atomic E-state index is 12.2. The smallest absolute Gasteiger partial charge is 0.257 e. The van der Waals surface area contributed by atoms with Gasteiger partial charge in [-0.1, -0.05) is 54.1 Å². The number of nitrogens with one attached hydrogen (secondary N) is 3. The molecule has 3 N–H and O–H groups in total. The van der Waals surface area contributed by atoms with Crippen molar-refractivity contribution in [2.45, 2.75) is 6.42 Å². The van der Waals surface area contributed by atoms with E-state index in [1.165, 1.54) is 0 Å². The molecule has 0 aliphatic rings. The minimum absolute atomic E-state index is 0.00113. The standard InChI is InChI=1S/C20H16ClN3O2S/c21-16-10-8-14(9-11-16)19(26)22-20(27)24-23-18(25)12-15-6-3-5-13-4-1-2-7-17(13)15/h1-11H,12H2,(H,23,25)(H2,22,24,26,27). The highest BCUT2D eigenvalue weighted by Crippen LogP contribution is 2.18. The van der Waals surface area contributed by atoms with Crippen LogP contribution in [0.4, 0.5) is 0 Å². The maximum Gasteiger partial charge on any atom is 0.257 e. The monoisotopic (exact) mass is 397 g/mol. The van der Waals surface area contributed by atoms with E-state index in [0.717, 1.165) is 16.3 Å². The number of benzene rings is 3. The Labute approximate surface area is 166 Å². The van der Waals surface area contributed by atoms with E-state index in [2.05, 4.69) is 16.2 Å². The molecule has 3 aromatic carbocycles. The Balaban J connectivity index is 1.53. The Kier molecular flexibility index (Phi) is 6.01. The van der Waals surface area contributed by atoms with Gasteiger partial charge in [-0.05, 0) is 52.8 Å². The average molecular weight is 398 g/mol. The number of carbonyl (C=O) groups is 2. The fourth-order valence-electron chi connectivity index (χ4n) is 2.60. The second-order valence-corrected chi connectivity index (χ2v) is 6.62. The Hall–Kier alpha value is -2.96. The Morgan fingerprint density at radius 3 is 2.37 bits per heavy atom. The predicted molar refractivity (Wildman–Crippen MR) is 110 cm³/mol. The number of amides is 2. The molecule has 3 aromatic rings. The van der Waals surface area contributed by atoms with Gasteiger partial charge in [-0.15, -0.1) is 0 Å². The third kappa shape index (κ3) is 5.03.